The second-order valence-corrected chi connectivity index (χ2v) is 5.97. The van der Waals surface area contributed by atoms with Gasteiger partial charge < -0.3 is 10.6 Å². The number of benzene rings is 2. The van der Waals surface area contributed by atoms with Crippen LogP contribution in [0, 0.1) is 11.6 Å². The van der Waals surface area contributed by atoms with Gasteiger partial charge in [0.15, 0.2) is 0 Å². The fourth-order valence-corrected chi connectivity index (χ4v) is 2.62. The van der Waals surface area contributed by atoms with Gasteiger partial charge in [0.2, 0.25) is 0 Å². The number of aromatic nitrogens is 1. The van der Waals surface area contributed by atoms with Gasteiger partial charge >= 0.3 is 0 Å². The van der Waals surface area contributed by atoms with Crippen LogP contribution in [-0.4, -0.2) is 16.8 Å². The summed E-state index contributed by atoms with van der Waals surface area (Å²) in [5.74, 6) is -2.77. The summed E-state index contributed by atoms with van der Waals surface area (Å²) in [6.07, 6.45) is 2.07. The third kappa shape index (κ3) is 4.37. The molecular weight excluding hydrogens is 364 g/mol. The summed E-state index contributed by atoms with van der Waals surface area (Å²) in [6, 6.07) is 13.0. The van der Waals surface area contributed by atoms with Crippen molar-refractivity contribution in [3.63, 3.8) is 0 Å². The topological polar surface area (TPSA) is 71.1 Å². The number of amides is 2. The van der Waals surface area contributed by atoms with Crippen molar-refractivity contribution in [2.24, 2.45) is 0 Å². The quantitative estimate of drug-likeness (QED) is 0.687. The number of pyridine rings is 1. The van der Waals surface area contributed by atoms with Crippen molar-refractivity contribution in [1.82, 2.24) is 4.98 Å². The third-order valence-corrected chi connectivity index (χ3v) is 4.08. The van der Waals surface area contributed by atoms with Crippen molar-refractivity contribution >= 4 is 23.2 Å². The van der Waals surface area contributed by atoms with Crippen molar-refractivity contribution < 1.29 is 18.4 Å². The Balaban J connectivity index is 1.77. The van der Waals surface area contributed by atoms with Gasteiger partial charge in [0.1, 0.15) is 17.3 Å². The highest BCUT2D eigenvalue weighted by Gasteiger charge is 2.15. The number of hydrogen-bond donors (Lipinski definition) is 2. The van der Waals surface area contributed by atoms with E-state index in [9.17, 15) is 18.4 Å². The third-order valence-electron chi connectivity index (χ3n) is 4.08. The van der Waals surface area contributed by atoms with Crippen LogP contribution in [0.1, 0.15) is 33.3 Å². The summed E-state index contributed by atoms with van der Waals surface area (Å²) in [6.45, 7) is 1.98. The molecule has 2 N–H and O–H groups in total. The Hall–Kier alpha value is -3.61. The van der Waals surface area contributed by atoms with Crippen molar-refractivity contribution in [2.45, 2.75) is 13.3 Å². The minimum Gasteiger partial charge on any atom is -0.322 e. The van der Waals surface area contributed by atoms with Gasteiger partial charge in [-0.15, -0.1) is 0 Å². The molecule has 0 aliphatic heterocycles. The standard InChI is InChI=1S/C21H17F2N3O2/c1-2-13-5-3-4-6-17(13)25-20(27)14-9-10-24-19(11-14)21(28)26-18-8-7-15(22)12-16(18)23/h3-12H,2H2,1H3,(H,25,27)(H,26,28). The highest BCUT2D eigenvalue weighted by atomic mass is 19.1. The first-order valence-electron chi connectivity index (χ1n) is 8.59. The normalized spacial score (nSPS) is 10.4. The Kier molecular flexibility index (Phi) is 5.74. The van der Waals surface area contributed by atoms with Gasteiger partial charge in [-0.3, -0.25) is 14.6 Å². The maximum absolute atomic E-state index is 13.7. The maximum atomic E-state index is 13.7. The molecule has 2 amide bonds. The van der Waals surface area contributed by atoms with Crippen LogP contribution in [0.4, 0.5) is 20.2 Å². The van der Waals surface area contributed by atoms with E-state index in [0.29, 0.717) is 11.8 Å². The molecule has 0 aliphatic rings. The van der Waals surface area contributed by atoms with Gasteiger partial charge in [0, 0.05) is 23.5 Å². The second-order valence-electron chi connectivity index (χ2n) is 5.97. The molecule has 7 heteroatoms. The van der Waals surface area contributed by atoms with E-state index in [1.165, 1.54) is 18.3 Å². The van der Waals surface area contributed by atoms with Crippen LogP contribution in [0.25, 0.3) is 0 Å². The molecule has 0 atom stereocenters. The molecule has 0 spiro atoms. The van der Waals surface area contributed by atoms with E-state index >= 15 is 0 Å². The summed E-state index contributed by atoms with van der Waals surface area (Å²) >= 11 is 0. The van der Waals surface area contributed by atoms with Crippen LogP contribution in [0.5, 0.6) is 0 Å². The Morgan fingerprint density at radius 1 is 0.929 bits per heavy atom. The summed E-state index contributed by atoms with van der Waals surface area (Å²) < 4.78 is 26.7. The molecule has 0 unspecified atom stereocenters. The smallest absolute Gasteiger partial charge is 0.274 e. The minimum absolute atomic E-state index is 0.0693. The van der Waals surface area contributed by atoms with Crippen molar-refractivity contribution in [1.29, 1.82) is 0 Å². The lowest BCUT2D eigenvalue weighted by molar-refractivity contribution is 0.102. The molecule has 3 aromatic rings. The number of rotatable bonds is 5. The molecule has 0 radical (unpaired) electrons. The number of carbonyl (C=O) groups excluding carboxylic acids is 2. The highest BCUT2D eigenvalue weighted by Crippen LogP contribution is 2.18. The molecule has 3 rings (SSSR count). The summed E-state index contributed by atoms with van der Waals surface area (Å²) in [5, 5.41) is 5.12. The molecule has 0 bridgehead atoms. The zero-order valence-corrected chi connectivity index (χ0v) is 15.0. The van der Waals surface area contributed by atoms with E-state index in [-0.39, 0.29) is 16.9 Å². The molecule has 1 aromatic heterocycles. The Bertz CT molecular complexity index is 1040. The fourth-order valence-electron chi connectivity index (χ4n) is 2.62. The predicted octanol–water partition coefficient (Wildman–Crippen LogP) is 4.43. The molecule has 2 aromatic carbocycles. The highest BCUT2D eigenvalue weighted by molar-refractivity contribution is 6.08. The molecule has 0 aliphatic carbocycles. The fraction of sp³-hybridized carbons (Fsp3) is 0.0952. The average molecular weight is 381 g/mol. The lowest BCUT2D eigenvalue weighted by Gasteiger charge is -2.10. The molecule has 0 saturated carbocycles. The van der Waals surface area contributed by atoms with E-state index in [4.69, 9.17) is 0 Å². The molecule has 142 valence electrons. The van der Waals surface area contributed by atoms with Crippen molar-refractivity contribution in [3.8, 4) is 0 Å². The van der Waals surface area contributed by atoms with E-state index in [1.807, 2.05) is 25.1 Å². The molecule has 5 nitrogen and oxygen atoms in total. The lowest BCUT2D eigenvalue weighted by atomic mass is 10.1. The van der Waals surface area contributed by atoms with E-state index in [0.717, 1.165) is 24.1 Å². The Morgan fingerprint density at radius 3 is 2.43 bits per heavy atom. The van der Waals surface area contributed by atoms with Crippen LogP contribution in [-0.2, 0) is 6.42 Å². The minimum atomic E-state index is -0.904. The first kappa shape index (κ1) is 19.2. The first-order chi connectivity index (χ1) is 13.5. The largest absolute Gasteiger partial charge is 0.322 e. The lowest BCUT2D eigenvalue weighted by Crippen LogP contribution is -2.18. The van der Waals surface area contributed by atoms with Gasteiger partial charge in [0.25, 0.3) is 11.8 Å². The number of para-hydroxylation sites is 1. The Morgan fingerprint density at radius 2 is 1.68 bits per heavy atom. The van der Waals surface area contributed by atoms with Crippen LogP contribution in [0.3, 0.4) is 0 Å². The van der Waals surface area contributed by atoms with E-state index < -0.39 is 23.4 Å². The molecule has 0 fully saturated rings. The number of hydrogen-bond acceptors (Lipinski definition) is 3. The summed E-state index contributed by atoms with van der Waals surface area (Å²) in [5.41, 5.74) is 1.64. The summed E-state index contributed by atoms with van der Waals surface area (Å²) in [4.78, 5) is 28.8. The zero-order chi connectivity index (χ0) is 20.1. The van der Waals surface area contributed by atoms with Crippen molar-refractivity contribution in [2.75, 3.05) is 10.6 Å². The number of aryl methyl sites for hydroxylation is 1. The van der Waals surface area contributed by atoms with Gasteiger partial charge in [-0.1, -0.05) is 25.1 Å². The monoisotopic (exact) mass is 381 g/mol. The Labute approximate surface area is 160 Å². The van der Waals surface area contributed by atoms with E-state index in [1.54, 1.807) is 6.07 Å². The van der Waals surface area contributed by atoms with Crippen LogP contribution in [0.15, 0.2) is 60.8 Å². The molecular formula is C21H17F2N3O2. The molecule has 1 heterocycles. The van der Waals surface area contributed by atoms with Crippen LogP contribution >= 0.6 is 0 Å². The zero-order valence-electron chi connectivity index (χ0n) is 15.0. The number of halogens is 2. The average Bonchev–Trinajstić information content (AvgIpc) is 2.70. The summed E-state index contributed by atoms with van der Waals surface area (Å²) in [7, 11) is 0. The van der Waals surface area contributed by atoms with Gasteiger partial charge in [-0.25, -0.2) is 8.78 Å². The van der Waals surface area contributed by atoms with Crippen LogP contribution < -0.4 is 10.6 Å². The number of anilines is 2. The second kappa shape index (κ2) is 8.39. The van der Waals surface area contributed by atoms with Gasteiger partial charge in [0.05, 0.1) is 5.69 Å². The van der Waals surface area contributed by atoms with Crippen molar-refractivity contribution in [3.05, 3.63) is 89.2 Å². The molecule has 0 saturated heterocycles. The SMILES string of the molecule is CCc1ccccc1NC(=O)c1ccnc(C(=O)Nc2ccc(F)cc2F)c1. The number of nitrogens with zero attached hydrogens (tertiary/aromatic N) is 1. The first-order valence-corrected chi connectivity index (χ1v) is 8.59. The van der Waals surface area contributed by atoms with Crippen LogP contribution in [0.2, 0.25) is 0 Å². The van der Waals surface area contributed by atoms with E-state index in [2.05, 4.69) is 15.6 Å². The predicted molar refractivity (Wildman–Crippen MR) is 102 cm³/mol. The number of nitrogens with one attached hydrogen (secondary N) is 2. The van der Waals surface area contributed by atoms with Gasteiger partial charge in [-0.05, 0) is 42.3 Å². The molecule has 28 heavy (non-hydrogen) atoms. The number of carbonyl (C=O) groups is 2. The maximum Gasteiger partial charge on any atom is 0.274 e. The van der Waals surface area contributed by atoms with Gasteiger partial charge in [-0.2, -0.15) is 0 Å².